The van der Waals surface area contributed by atoms with Crippen LogP contribution in [0.2, 0.25) is 0 Å². The second-order valence-electron chi connectivity index (χ2n) is 3.42. The zero-order chi connectivity index (χ0) is 7.68. The standard InChI is InChI=1S/C8H15NO2/c1-9-3-2-7(6-9)8-10-4-5-11-8/h7-8H,2-6H2,1H3. The van der Waals surface area contributed by atoms with Crippen molar-refractivity contribution in [1.29, 1.82) is 0 Å². The van der Waals surface area contributed by atoms with Crippen molar-refractivity contribution in [3.05, 3.63) is 0 Å². The summed E-state index contributed by atoms with van der Waals surface area (Å²) in [6, 6.07) is 0. The Labute approximate surface area is 67.3 Å². The van der Waals surface area contributed by atoms with Crippen LogP contribution in [0, 0.1) is 5.92 Å². The Bertz CT molecular complexity index is 134. The molecule has 0 aromatic carbocycles. The number of ether oxygens (including phenoxy) is 2. The van der Waals surface area contributed by atoms with Gasteiger partial charge in [0.1, 0.15) is 0 Å². The van der Waals surface area contributed by atoms with Gasteiger partial charge in [-0.1, -0.05) is 0 Å². The SMILES string of the molecule is CN1CCC(C2OCCO2)C1. The van der Waals surface area contributed by atoms with Gasteiger partial charge in [-0.15, -0.1) is 0 Å². The molecule has 0 aliphatic carbocycles. The molecule has 3 heteroatoms. The van der Waals surface area contributed by atoms with Gasteiger partial charge in [0.2, 0.25) is 0 Å². The minimum Gasteiger partial charge on any atom is -0.350 e. The summed E-state index contributed by atoms with van der Waals surface area (Å²) in [5.74, 6) is 0.613. The molecule has 2 aliphatic heterocycles. The lowest BCUT2D eigenvalue weighted by Crippen LogP contribution is -2.24. The molecule has 0 amide bonds. The normalized spacial score (nSPS) is 35.2. The molecule has 2 aliphatic rings. The second-order valence-corrected chi connectivity index (χ2v) is 3.42. The fraction of sp³-hybridized carbons (Fsp3) is 1.00. The fourth-order valence-corrected chi connectivity index (χ4v) is 1.84. The minimum absolute atomic E-state index is 0.0972. The third kappa shape index (κ3) is 1.55. The molecule has 2 rings (SSSR count). The van der Waals surface area contributed by atoms with E-state index in [2.05, 4.69) is 11.9 Å². The summed E-state index contributed by atoms with van der Waals surface area (Å²) >= 11 is 0. The molecule has 1 unspecified atom stereocenters. The van der Waals surface area contributed by atoms with Crippen molar-refractivity contribution in [2.75, 3.05) is 33.4 Å². The summed E-state index contributed by atoms with van der Waals surface area (Å²) in [6.45, 7) is 3.88. The molecule has 3 nitrogen and oxygen atoms in total. The lowest BCUT2D eigenvalue weighted by molar-refractivity contribution is -0.0795. The highest BCUT2D eigenvalue weighted by atomic mass is 16.7. The molecule has 0 aromatic heterocycles. The van der Waals surface area contributed by atoms with Crippen LogP contribution in [0.4, 0.5) is 0 Å². The van der Waals surface area contributed by atoms with Crippen LogP contribution in [0.25, 0.3) is 0 Å². The molecule has 0 bridgehead atoms. The highest BCUT2D eigenvalue weighted by molar-refractivity contribution is 4.76. The molecular formula is C8H15NO2. The Hall–Kier alpha value is -0.120. The monoisotopic (exact) mass is 157 g/mol. The Morgan fingerprint density at radius 1 is 1.27 bits per heavy atom. The summed E-state index contributed by atoms with van der Waals surface area (Å²) in [7, 11) is 2.15. The van der Waals surface area contributed by atoms with E-state index in [4.69, 9.17) is 9.47 Å². The van der Waals surface area contributed by atoms with Gasteiger partial charge in [0, 0.05) is 12.5 Å². The van der Waals surface area contributed by atoms with Crippen LogP contribution in [0.1, 0.15) is 6.42 Å². The maximum absolute atomic E-state index is 5.44. The number of nitrogens with zero attached hydrogens (tertiary/aromatic N) is 1. The van der Waals surface area contributed by atoms with E-state index in [0.717, 1.165) is 19.8 Å². The van der Waals surface area contributed by atoms with Crippen LogP contribution in [-0.4, -0.2) is 44.5 Å². The number of hydrogen-bond donors (Lipinski definition) is 0. The van der Waals surface area contributed by atoms with Gasteiger partial charge >= 0.3 is 0 Å². The van der Waals surface area contributed by atoms with E-state index in [-0.39, 0.29) is 6.29 Å². The van der Waals surface area contributed by atoms with Crippen molar-refractivity contribution >= 4 is 0 Å². The first-order chi connectivity index (χ1) is 5.36. The molecule has 1 atom stereocenters. The van der Waals surface area contributed by atoms with Crippen molar-refractivity contribution in [1.82, 2.24) is 4.90 Å². The molecule has 64 valence electrons. The summed E-state index contributed by atoms with van der Waals surface area (Å²) in [5, 5.41) is 0. The summed E-state index contributed by atoms with van der Waals surface area (Å²) in [5.41, 5.74) is 0. The van der Waals surface area contributed by atoms with E-state index < -0.39 is 0 Å². The van der Waals surface area contributed by atoms with Crippen LogP contribution >= 0.6 is 0 Å². The molecule has 2 heterocycles. The molecule has 0 N–H and O–H groups in total. The largest absolute Gasteiger partial charge is 0.350 e. The first-order valence-electron chi connectivity index (χ1n) is 4.28. The van der Waals surface area contributed by atoms with E-state index >= 15 is 0 Å². The van der Waals surface area contributed by atoms with Gasteiger partial charge in [-0.2, -0.15) is 0 Å². The quantitative estimate of drug-likeness (QED) is 0.547. The van der Waals surface area contributed by atoms with Crippen LogP contribution < -0.4 is 0 Å². The Balaban J connectivity index is 1.85. The maximum Gasteiger partial charge on any atom is 0.161 e. The average molecular weight is 157 g/mol. The molecule has 0 saturated carbocycles. The van der Waals surface area contributed by atoms with Gasteiger partial charge in [-0.05, 0) is 20.0 Å². The molecule has 11 heavy (non-hydrogen) atoms. The first-order valence-corrected chi connectivity index (χ1v) is 4.28. The lowest BCUT2D eigenvalue weighted by atomic mass is 10.1. The van der Waals surface area contributed by atoms with E-state index in [1.54, 1.807) is 0 Å². The van der Waals surface area contributed by atoms with Crippen molar-refractivity contribution in [2.24, 2.45) is 5.92 Å². The van der Waals surface area contributed by atoms with Gasteiger partial charge in [0.15, 0.2) is 6.29 Å². The van der Waals surface area contributed by atoms with Crippen molar-refractivity contribution in [3.63, 3.8) is 0 Å². The average Bonchev–Trinajstić information content (AvgIpc) is 2.55. The highest BCUT2D eigenvalue weighted by Gasteiger charge is 2.31. The second kappa shape index (κ2) is 3.09. The lowest BCUT2D eigenvalue weighted by Gasteiger charge is -2.16. The minimum atomic E-state index is 0.0972. The summed E-state index contributed by atoms with van der Waals surface area (Å²) in [6.07, 6.45) is 1.32. The van der Waals surface area contributed by atoms with Crippen molar-refractivity contribution in [3.8, 4) is 0 Å². The fourth-order valence-electron chi connectivity index (χ4n) is 1.84. The van der Waals surface area contributed by atoms with E-state index in [1.165, 1.54) is 13.0 Å². The zero-order valence-corrected chi connectivity index (χ0v) is 6.95. The van der Waals surface area contributed by atoms with Crippen LogP contribution in [-0.2, 0) is 9.47 Å². The van der Waals surface area contributed by atoms with Crippen LogP contribution in [0.5, 0.6) is 0 Å². The third-order valence-electron chi connectivity index (χ3n) is 2.46. The molecule has 0 aromatic rings. The Morgan fingerprint density at radius 2 is 2.00 bits per heavy atom. The van der Waals surface area contributed by atoms with Gasteiger partial charge in [0.25, 0.3) is 0 Å². The summed E-state index contributed by atoms with van der Waals surface area (Å²) in [4.78, 5) is 2.33. The number of rotatable bonds is 1. The van der Waals surface area contributed by atoms with Crippen molar-refractivity contribution in [2.45, 2.75) is 12.7 Å². The highest BCUT2D eigenvalue weighted by Crippen LogP contribution is 2.23. The topological polar surface area (TPSA) is 21.7 Å². The van der Waals surface area contributed by atoms with Crippen LogP contribution in [0.3, 0.4) is 0 Å². The molecule has 2 saturated heterocycles. The predicted octanol–water partition coefficient (Wildman–Crippen LogP) is 0.311. The van der Waals surface area contributed by atoms with Crippen LogP contribution in [0.15, 0.2) is 0 Å². The van der Waals surface area contributed by atoms with Gasteiger partial charge in [0.05, 0.1) is 13.2 Å². The van der Waals surface area contributed by atoms with Gasteiger partial charge < -0.3 is 14.4 Å². The zero-order valence-electron chi connectivity index (χ0n) is 6.95. The van der Waals surface area contributed by atoms with E-state index in [0.29, 0.717) is 5.92 Å². The molecule has 2 fully saturated rings. The molecule has 0 radical (unpaired) electrons. The third-order valence-corrected chi connectivity index (χ3v) is 2.46. The Kier molecular flexibility index (Phi) is 2.11. The van der Waals surface area contributed by atoms with Gasteiger partial charge in [-0.25, -0.2) is 0 Å². The first kappa shape index (κ1) is 7.53. The number of hydrogen-bond acceptors (Lipinski definition) is 3. The van der Waals surface area contributed by atoms with Gasteiger partial charge in [-0.3, -0.25) is 0 Å². The Morgan fingerprint density at radius 3 is 2.55 bits per heavy atom. The molecular weight excluding hydrogens is 142 g/mol. The number of likely N-dealkylation sites (tertiary alicyclic amines) is 1. The maximum atomic E-state index is 5.44. The van der Waals surface area contributed by atoms with E-state index in [9.17, 15) is 0 Å². The summed E-state index contributed by atoms with van der Waals surface area (Å²) < 4.78 is 10.9. The van der Waals surface area contributed by atoms with Crippen molar-refractivity contribution < 1.29 is 9.47 Å². The predicted molar refractivity (Wildman–Crippen MR) is 41.3 cm³/mol. The molecule has 0 spiro atoms. The van der Waals surface area contributed by atoms with E-state index in [1.807, 2.05) is 0 Å². The smallest absolute Gasteiger partial charge is 0.161 e.